The molecule has 0 saturated carbocycles. The third-order valence-corrected chi connectivity index (χ3v) is 6.11. The Morgan fingerprint density at radius 1 is 1.15 bits per heavy atom. The second-order valence-corrected chi connectivity index (χ2v) is 8.56. The first-order valence-electron chi connectivity index (χ1n) is 10.9. The molecular formula is C26H23FN4O3. The molecule has 0 radical (unpaired) electrons. The molecule has 0 saturated heterocycles. The maximum absolute atomic E-state index is 13.8. The van der Waals surface area contributed by atoms with Gasteiger partial charge in [-0.1, -0.05) is 30.3 Å². The third kappa shape index (κ3) is 3.67. The molecule has 7 nitrogen and oxygen atoms in total. The van der Waals surface area contributed by atoms with Gasteiger partial charge in [0, 0.05) is 18.3 Å². The molecule has 1 N–H and O–H groups in total. The van der Waals surface area contributed by atoms with Crippen LogP contribution in [-0.4, -0.2) is 27.1 Å². The summed E-state index contributed by atoms with van der Waals surface area (Å²) >= 11 is 0. The molecule has 8 heteroatoms. The number of carbonyl (C=O) groups excluding carboxylic acids is 2. The monoisotopic (exact) mass is 458 g/mol. The number of furan rings is 1. The van der Waals surface area contributed by atoms with Crippen molar-refractivity contribution in [1.82, 2.24) is 15.1 Å². The van der Waals surface area contributed by atoms with Crippen LogP contribution in [0.15, 0.2) is 77.4 Å². The molecule has 0 fully saturated rings. The van der Waals surface area contributed by atoms with E-state index in [4.69, 9.17) is 4.42 Å². The molecule has 2 aromatic heterocycles. The fraction of sp³-hybridized carbons (Fsp3) is 0.192. The van der Waals surface area contributed by atoms with Crippen molar-refractivity contribution in [2.24, 2.45) is 0 Å². The molecule has 1 aliphatic heterocycles. The number of amides is 2. The highest BCUT2D eigenvalue weighted by atomic mass is 19.1. The molecule has 2 amide bonds. The Bertz CT molecular complexity index is 1380. The van der Waals surface area contributed by atoms with Crippen molar-refractivity contribution in [3.05, 3.63) is 95.6 Å². The fourth-order valence-corrected chi connectivity index (χ4v) is 4.34. The second kappa shape index (κ2) is 8.30. The van der Waals surface area contributed by atoms with E-state index in [0.29, 0.717) is 28.4 Å². The van der Waals surface area contributed by atoms with Crippen LogP contribution in [0.2, 0.25) is 0 Å². The summed E-state index contributed by atoms with van der Waals surface area (Å²) in [6.07, 6.45) is 1.54. The Morgan fingerprint density at radius 3 is 2.71 bits per heavy atom. The van der Waals surface area contributed by atoms with E-state index in [9.17, 15) is 14.0 Å². The normalized spacial score (nSPS) is 17.5. The second-order valence-electron chi connectivity index (χ2n) is 8.56. The van der Waals surface area contributed by atoms with Crippen LogP contribution in [0.3, 0.4) is 0 Å². The predicted molar refractivity (Wildman–Crippen MR) is 125 cm³/mol. The van der Waals surface area contributed by atoms with Crippen LogP contribution in [-0.2, 0) is 17.9 Å². The van der Waals surface area contributed by atoms with Crippen molar-refractivity contribution >= 4 is 17.5 Å². The van der Waals surface area contributed by atoms with Crippen LogP contribution in [0.1, 0.15) is 28.5 Å². The minimum atomic E-state index is -1.28. The molecule has 172 valence electrons. The minimum Gasteiger partial charge on any atom is -0.463 e. The van der Waals surface area contributed by atoms with E-state index in [1.54, 1.807) is 48.2 Å². The first kappa shape index (κ1) is 21.6. The zero-order chi connectivity index (χ0) is 23.9. The summed E-state index contributed by atoms with van der Waals surface area (Å²) in [5.41, 5.74) is 1.73. The fourth-order valence-electron chi connectivity index (χ4n) is 4.34. The number of aromatic nitrogens is 2. The summed E-state index contributed by atoms with van der Waals surface area (Å²) in [7, 11) is 0. The maximum atomic E-state index is 13.8. The van der Waals surface area contributed by atoms with Crippen molar-refractivity contribution < 1.29 is 18.4 Å². The Hall–Kier alpha value is -4.20. The average Bonchev–Trinajstić information content (AvgIpc) is 3.49. The van der Waals surface area contributed by atoms with Crippen molar-refractivity contribution in [3.63, 3.8) is 0 Å². The van der Waals surface area contributed by atoms with E-state index in [-0.39, 0.29) is 30.7 Å². The lowest BCUT2D eigenvalue weighted by Crippen LogP contribution is -2.64. The van der Waals surface area contributed by atoms with E-state index in [2.05, 4.69) is 10.4 Å². The van der Waals surface area contributed by atoms with Crippen molar-refractivity contribution in [2.45, 2.75) is 32.5 Å². The maximum Gasteiger partial charge on any atom is 0.277 e. The largest absolute Gasteiger partial charge is 0.463 e. The summed E-state index contributed by atoms with van der Waals surface area (Å²) in [6, 6.07) is 18.7. The Kier molecular flexibility index (Phi) is 5.28. The van der Waals surface area contributed by atoms with Gasteiger partial charge in [0.1, 0.15) is 22.7 Å². The van der Waals surface area contributed by atoms with Gasteiger partial charge in [-0.2, -0.15) is 5.10 Å². The Balaban J connectivity index is 1.55. The van der Waals surface area contributed by atoms with Gasteiger partial charge in [-0.25, -0.2) is 4.39 Å². The molecule has 5 rings (SSSR count). The number of anilines is 1. The molecule has 34 heavy (non-hydrogen) atoms. The number of hydrogen-bond donors (Lipinski definition) is 1. The number of halogens is 1. The number of para-hydroxylation sites is 1. The van der Waals surface area contributed by atoms with Crippen LogP contribution in [0.4, 0.5) is 10.1 Å². The van der Waals surface area contributed by atoms with E-state index < -0.39 is 5.54 Å². The smallest absolute Gasteiger partial charge is 0.277 e. The number of nitrogens with one attached hydrogen (secondary N) is 1. The van der Waals surface area contributed by atoms with E-state index in [1.165, 1.54) is 17.0 Å². The molecule has 0 spiro atoms. The lowest BCUT2D eigenvalue weighted by Gasteiger charge is -2.43. The van der Waals surface area contributed by atoms with Crippen LogP contribution >= 0.6 is 0 Å². The highest BCUT2D eigenvalue weighted by Gasteiger charge is 2.49. The van der Waals surface area contributed by atoms with Gasteiger partial charge < -0.3 is 9.73 Å². The lowest BCUT2D eigenvalue weighted by atomic mass is 9.93. The molecule has 4 aromatic rings. The lowest BCUT2D eigenvalue weighted by molar-refractivity contribution is -0.126. The minimum absolute atomic E-state index is 0.131. The summed E-state index contributed by atoms with van der Waals surface area (Å²) in [5, 5.41) is 7.43. The molecule has 1 atom stereocenters. The topological polar surface area (TPSA) is 80.4 Å². The van der Waals surface area contributed by atoms with Gasteiger partial charge in [0.25, 0.3) is 5.91 Å². The molecule has 0 aliphatic carbocycles. The summed E-state index contributed by atoms with van der Waals surface area (Å²) in [6.45, 7) is 3.88. The zero-order valence-electron chi connectivity index (χ0n) is 18.8. The van der Waals surface area contributed by atoms with E-state index in [1.807, 2.05) is 31.2 Å². The van der Waals surface area contributed by atoms with Gasteiger partial charge in [0.15, 0.2) is 5.76 Å². The van der Waals surface area contributed by atoms with Gasteiger partial charge in [-0.3, -0.25) is 19.2 Å². The number of nitrogens with zero attached hydrogens (tertiary/aromatic N) is 3. The van der Waals surface area contributed by atoms with Gasteiger partial charge >= 0.3 is 0 Å². The number of benzene rings is 2. The SMILES string of the molecule is Cc1ccccc1N1C(=O)c2cc(-c3ccco3)nn2CC1(C)C(=O)NCc1cccc(F)c1. The molecule has 1 unspecified atom stereocenters. The van der Waals surface area contributed by atoms with Gasteiger partial charge in [0.2, 0.25) is 5.91 Å². The first-order chi connectivity index (χ1) is 16.4. The number of aryl methyl sites for hydroxylation is 1. The molecule has 1 aliphatic rings. The van der Waals surface area contributed by atoms with Crippen molar-refractivity contribution in [1.29, 1.82) is 0 Å². The molecule has 3 heterocycles. The van der Waals surface area contributed by atoms with Crippen LogP contribution in [0.25, 0.3) is 11.5 Å². The van der Waals surface area contributed by atoms with Crippen LogP contribution < -0.4 is 10.2 Å². The standard InChI is InChI=1S/C26H23FN4O3/c1-17-7-3-4-10-21(17)31-24(32)22-14-20(23-11-6-12-34-23)29-30(22)16-26(31,2)25(33)28-15-18-8-5-9-19(27)13-18/h3-14H,15-16H2,1-2H3,(H,28,33). The van der Waals surface area contributed by atoms with Crippen LogP contribution in [0, 0.1) is 12.7 Å². The molecule has 0 bridgehead atoms. The number of fused-ring (bicyclic) bond motifs is 1. The van der Waals surface area contributed by atoms with Crippen LogP contribution in [0.5, 0.6) is 0 Å². The quantitative estimate of drug-likeness (QED) is 0.483. The van der Waals surface area contributed by atoms with Crippen molar-refractivity contribution in [3.8, 4) is 11.5 Å². The number of hydrogen-bond acceptors (Lipinski definition) is 4. The average molecular weight is 458 g/mol. The third-order valence-electron chi connectivity index (χ3n) is 6.11. The first-order valence-corrected chi connectivity index (χ1v) is 10.9. The summed E-state index contributed by atoms with van der Waals surface area (Å²) < 4.78 is 20.6. The molecular weight excluding hydrogens is 435 g/mol. The summed E-state index contributed by atoms with van der Waals surface area (Å²) in [5.74, 6) is -0.545. The highest BCUT2D eigenvalue weighted by Crippen LogP contribution is 2.35. The Labute approximate surface area is 195 Å². The van der Waals surface area contributed by atoms with Gasteiger partial charge in [-0.15, -0.1) is 0 Å². The zero-order valence-corrected chi connectivity index (χ0v) is 18.8. The van der Waals surface area contributed by atoms with E-state index in [0.717, 1.165) is 5.56 Å². The van der Waals surface area contributed by atoms with Gasteiger partial charge in [-0.05, 0) is 55.3 Å². The summed E-state index contributed by atoms with van der Waals surface area (Å²) in [4.78, 5) is 28.9. The number of carbonyl (C=O) groups is 2. The van der Waals surface area contributed by atoms with E-state index >= 15 is 0 Å². The molecule has 2 aromatic carbocycles. The predicted octanol–water partition coefficient (Wildman–Crippen LogP) is 4.33. The highest BCUT2D eigenvalue weighted by molar-refractivity contribution is 6.12. The Morgan fingerprint density at radius 2 is 1.97 bits per heavy atom. The van der Waals surface area contributed by atoms with Gasteiger partial charge in [0.05, 0.1) is 12.8 Å². The number of rotatable bonds is 5. The van der Waals surface area contributed by atoms with Crippen molar-refractivity contribution in [2.75, 3.05) is 4.90 Å².